The molecule has 2 aliphatic carbocycles. The fourth-order valence-electron chi connectivity index (χ4n) is 4.38. The number of benzene rings is 1. The number of fused-ring (bicyclic) bond motifs is 1. The molecule has 5 rings (SSSR count). The van der Waals surface area contributed by atoms with Crippen LogP contribution in [0.15, 0.2) is 41.3 Å². The van der Waals surface area contributed by atoms with Gasteiger partial charge in [-0.3, -0.25) is 4.79 Å². The summed E-state index contributed by atoms with van der Waals surface area (Å²) in [5.41, 5.74) is 0.878. The summed E-state index contributed by atoms with van der Waals surface area (Å²) in [5.74, 6) is 0.682. The molecule has 2 atom stereocenters. The SMILES string of the molecule is Cn1ccc2cc(-c3ccc(N(C4CC4)C4CCCC4F)nn3)c(O)cc2c1=O. The van der Waals surface area contributed by atoms with Crippen LogP contribution in [0.2, 0.25) is 0 Å². The highest BCUT2D eigenvalue weighted by Crippen LogP contribution is 2.39. The van der Waals surface area contributed by atoms with Gasteiger partial charge in [0.2, 0.25) is 0 Å². The minimum absolute atomic E-state index is 0.0125. The molecule has 2 unspecified atom stereocenters. The predicted molar refractivity (Wildman–Crippen MR) is 110 cm³/mol. The molecule has 150 valence electrons. The number of halogens is 1. The molecule has 3 aromatic rings. The van der Waals surface area contributed by atoms with Gasteiger partial charge >= 0.3 is 0 Å². The van der Waals surface area contributed by atoms with Gasteiger partial charge < -0.3 is 14.6 Å². The van der Waals surface area contributed by atoms with Gasteiger partial charge in [-0.1, -0.05) is 0 Å². The molecule has 0 aliphatic heterocycles. The lowest BCUT2D eigenvalue weighted by molar-refractivity contribution is 0.300. The zero-order chi connectivity index (χ0) is 20.1. The van der Waals surface area contributed by atoms with Crippen LogP contribution in [0.1, 0.15) is 32.1 Å². The van der Waals surface area contributed by atoms with E-state index in [0.717, 1.165) is 31.1 Å². The van der Waals surface area contributed by atoms with Crippen molar-refractivity contribution in [1.29, 1.82) is 0 Å². The molecule has 1 aromatic carbocycles. The molecule has 6 nitrogen and oxygen atoms in total. The van der Waals surface area contributed by atoms with E-state index in [1.54, 1.807) is 19.3 Å². The lowest BCUT2D eigenvalue weighted by atomic mass is 10.0. The predicted octanol–water partition coefficient (Wildman–Crippen LogP) is 3.56. The number of pyridine rings is 1. The van der Waals surface area contributed by atoms with E-state index in [1.165, 1.54) is 10.6 Å². The number of hydrogen-bond acceptors (Lipinski definition) is 5. The second kappa shape index (κ2) is 6.83. The third kappa shape index (κ3) is 3.14. The van der Waals surface area contributed by atoms with E-state index in [2.05, 4.69) is 15.1 Å². The Morgan fingerprint density at radius 1 is 1.14 bits per heavy atom. The number of hydrogen-bond donors (Lipinski definition) is 1. The van der Waals surface area contributed by atoms with E-state index >= 15 is 0 Å². The molecule has 0 radical (unpaired) electrons. The third-order valence-corrected chi connectivity index (χ3v) is 6.08. The third-order valence-electron chi connectivity index (χ3n) is 6.08. The Hall–Kier alpha value is -2.96. The Bertz CT molecular complexity index is 1120. The van der Waals surface area contributed by atoms with Crippen LogP contribution in [0, 0.1) is 0 Å². The van der Waals surface area contributed by atoms with Crippen molar-refractivity contribution in [2.75, 3.05) is 4.90 Å². The second-order valence-electron chi connectivity index (χ2n) is 8.12. The highest BCUT2D eigenvalue weighted by molar-refractivity contribution is 5.89. The summed E-state index contributed by atoms with van der Waals surface area (Å²) in [6.45, 7) is 0. The summed E-state index contributed by atoms with van der Waals surface area (Å²) in [6, 6.07) is 8.96. The minimum Gasteiger partial charge on any atom is -0.507 e. The zero-order valence-electron chi connectivity index (χ0n) is 16.3. The number of rotatable bonds is 4. The van der Waals surface area contributed by atoms with Crippen LogP contribution in [0.5, 0.6) is 5.75 Å². The van der Waals surface area contributed by atoms with Crippen molar-refractivity contribution < 1.29 is 9.50 Å². The maximum absolute atomic E-state index is 14.4. The summed E-state index contributed by atoms with van der Waals surface area (Å²) in [4.78, 5) is 14.4. The van der Waals surface area contributed by atoms with Crippen LogP contribution >= 0.6 is 0 Å². The minimum atomic E-state index is -0.816. The molecule has 0 saturated heterocycles. The molecule has 2 aromatic heterocycles. The Morgan fingerprint density at radius 2 is 1.97 bits per heavy atom. The molecular weight excluding hydrogens is 371 g/mol. The van der Waals surface area contributed by atoms with Crippen LogP contribution in [0.3, 0.4) is 0 Å². The molecule has 29 heavy (non-hydrogen) atoms. The first-order valence-electron chi connectivity index (χ1n) is 10.1. The molecule has 1 N–H and O–H groups in total. The van der Waals surface area contributed by atoms with E-state index in [-0.39, 0.29) is 17.4 Å². The van der Waals surface area contributed by atoms with Gasteiger partial charge in [-0.2, -0.15) is 0 Å². The van der Waals surface area contributed by atoms with Crippen LogP contribution in [-0.4, -0.2) is 38.1 Å². The van der Waals surface area contributed by atoms with E-state index in [0.29, 0.717) is 34.9 Å². The number of phenolic OH excluding ortho intramolecular Hbond substituents is 1. The molecule has 0 amide bonds. The monoisotopic (exact) mass is 394 g/mol. The maximum atomic E-state index is 14.4. The quantitative estimate of drug-likeness (QED) is 0.733. The number of anilines is 1. The van der Waals surface area contributed by atoms with Crippen molar-refractivity contribution in [3.63, 3.8) is 0 Å². The first-order valence-corrected chi connectivity index (χ1v) is 10.1. The van der Waals surface area contributed by atoms with Crippen molar-refractivity contribution in [3.05, 3.63) is 46.9 Å². The van der Waals surface area contributed by atoms with Gasteiger partial charge in [0.15, 0.2) is 5.82 Å². The summed E-state index contributed by atoms with van der Waals surface area (Å²) >= 11 is 0. The van der Waals surface area contributed by atoms with E-state index < -0.39 is 6.17 Å². The van der Waals surface area contributed by atoms with Crippen molar-refractivity contribution in [2.24, 2.45) is 7.05 Å². The van der Waals surface area contributed by atoms with Crippen molar-refractivity contribution in [1.82, 2.24) is 14.8 Å². The smallest absolute Gasteiger partial charge is 0.258 e. The highest BCUT2D eigenvalue weighted by Gasteiger charge is 2.41. The van der Waals surface area contributed by atoms with E-state index in [9.17, 15) is 14.3 Å². The number of alkyl halides is 1. The topological polar surface area (TPSA) is 71.2 Å². The van der Waals surface area contributed by atoms with Gasteiger partial charge in [-0.15, -0.1) is 10.2 Å². The van der Waals surface area contributed by atoms with Gasteiger partial charge in [-0.25, -0.2) is 4.39 Å². The lowest BCUT2D eigenvalue weighted by Crippen LogP contribution is -2.41. The Kier molecular flexibility index (Phi) is 4.26. The summed E-state index contributed by atoms with van der Waals surface area (Å²) < 4.78 is 15.8. The van der Waals surface area contributed by atoms with Crippen LogP contribution in [0.4, 0.5) is 10.2 Å². The van der Waals surface area contributed by atoms with Crippen molar-refractivity contribution >= 4 is 16.6 Å². The second-order valence-corrected chi connectivity index (χ2v) is 8.12. The summed E-state index contributed by atoms with van der Waals surface area (Å²) in [7, 11) is 1.68. The molecule has 7 heteroatoms. The number of aromatic hydroxyl groups is 1. The van der Waals surface area contributed by atoms with Crippen molar-refractivity contribution in [3.8, 4) is 17.0 Å². The number of aromatic nitrogens is 3. The van der Waals surface area contributed by atoms with E-state index in [1.807, 2.05) is 18.2 Å². The van der Waals surface area contributed by atoms with Gasteiger partial charge in [0.25, 0.3) is 5.56 Å². The van der Waals surface area contributed by atoms with Crippen LogP contribution in [-0.2, 0) is 7.05 Å². The van der Waals surface area contributed by atoms with Crippen molar-refractivity contribution in [2.45, 2.75) is 50.4 Å². The first-order chi connectivity index (χ1) is 14.0. The standard InChI is InChI=1S/C22H23FN4O2/c1-26-10-9-13-11-16(20(28)12-15(13)22(26)29)18-7-8-21(25-24-18)27(14-5-6-14)19-4-2-3-17(19)23/h7-12,14,17,19,28H,2-6H2,1H3. The Labute approximate surface area is 167 Å². The average molecular weight is 394 g/mol. The van der Waals surface area contributed by atoms with E-state index in [4.69, 9.17) is 0 Å². The summed E-state index contributed by atoms with van der Waals surface area (Å²) in [6.07, 6.45) is 5.38. The van der Waals surface area contributed by atoms with Gasteiger partial charge in [0.05, 0.1) is 17.1 Å². The fraction of sp³-hybridized carbons (Fsp3) is 0.409. The largest absolute Gasteiger partial charge is 0.507 e. The average Bonchev–Trinajstić information content (AvgIpc) is 3.47. The molecule has 2 saturated carbocycles. The van der Waals surface area contributed by atoms with Gasteiger partial charge in [0, 0.05) is 24.8 Å². The number of aryl methyl sites for hydroxylation is 1. The normalized spacial score (nSPS) is 21.6. The Balaban J connectivity index is 1.51. The molecule has 2 fully saturated rings. The number of phenols is 1. The molecular formula is C22H23FN4O2. The summed E-state index contributed by atoms with van der Waals surface area (Å²) in [5, 5.41) is 20.4. The van der Waals surface area contributed by atoms with Crippen LogP contribution < -0.4 is 10.5 Å². The van der Waals surface area contributed by atoms with Gasteiger partial charge in [-0.05, 0) is 67.8 Å². The van der Waals surface area contributed by atoms with Gasteiger partial charge in [0.1, 0.15) is 11.9 Å². The molecule has 2 heterocycles. The lowest BCUT2D eigenvalue weighted by Gasteiger charge is -2.31. The molecule has 0 spiro atoms. The molecule has 0 bridgehead atoms. The van der Waals surface area contributed by atoms with Crippen LogP contribution in [0.25, 0.3) is 22.0 Å². The first kappa shape index (κ1) is 18.1. The maximum Gasteiger partial charge on any atom is 0.258 e. The fourth-order valence-corrected chi connectivity index (χ4v) is 4.38. The Morgan fingerprint density at radius 3 is 2.62 bits per heavy atom. The number of nitrogens with zero attached hydrogens (tertiary/aromatic N) is 4. The highest BCUT2D eigenvalue weighted by atomic mass is 19.1. The molecule has 2 aliphatic rings. The zero-order valence-corrected chi connectivity index (χ0v) is 16.3.